The second-order valence-corrected chi connectivity index (χ2v) is 10.0. The maximum absolute atomic E-state index is 13.0. The Hall–Kier alpha value is -2.26. The van der Waals surface area contributed by atoms with E-state index in [0.717, 1.165) is 24.8 Å². The van der Waals surface area contributed by atoms with Gasteiger partial charge in [0, 0.05) is 23.9 Å². The first-order valence-corrected chi connectivity index (χ1v) is 11.5. The molecule has 1 saturated carbocycles. The van der Waals surface area contributed by atoms with Crippen LogP contribution >= 0.6 is 11.3 Å². The molecular formula is C18H20N4O3S2. The Bertz CT molecular complexity index is 1140. The van der Waals surface area contributed by atoms with Crippen LogP contribution in [0, 0.1) is 0 Å². The molecule has 1 amide bonds. The van der Waals surface area contributed by atoms with Crippen molar-refractivity contribution >= 4 is 43.1 Å². The Kier molecular flexibility index (Phi) is 4.31. The number of thiophene rings is 1. The van der Waals surface area contributed by atoms with Crippen LogP contribution in [0.25, 0.3) is 11.0 Å². The van der Waals surface area contributed by atoms with Gasteiger partial charge in [0.15, 0.2) is 15.5 Å². The molecule has 3 heterocycles. The highest BCUT2D eigenvalue weighted by Crippen LogP contribution is 2.40. The summed E-state index contributed by atoms with van der Waals surface area (Å²) < 4.78 is 25.6. The van der Waals surface area contributed by atoms with Crippen molar-refractivity contribution in [3.8, 4) is 0 Å². The van der Waals surface area contributed by atoms with E-state index in [1.165, 1.54) is 17.4 Å². The molecule has 142 valence electrons. The van der Waals surface area contributed by atoms with Crippen LogP contribution in [0.1, 0.15) is 54.7 Å². The molecule has 27 heavy (non-hydrogen) atoms. The van der Waals surface area contributed by atoms with Gasteiger partial charge in [0.05, 0.1) is 17.1 Å². The van der Waals surface area contributed by atoms with Gasteiger partial charge in [-0.3, -0.25) is 4.79 Å². The maximum Gasteiger partial charge on any atom is 0.257 e. The SMILES string of the molecule is CC(C)n1ncc2c(C(=O)Nc3sccc3S(C)(=O)=O)cc(C3CC3)nc21. The molecule has 0 saturated heterocycles. The fourth-order valence-corrected chi connectivity index (χ4v) is 5.11. The lowest BCUT2D eigenvalue weighted by molar-refractivity contribution is 0.102. The van der Waals surface area contributed by atoms with E-state index in [4.69, 9.17) is 4.98 Å². The van der Waals surface area contributed by atoms with Gasteiger partial charge in [0.2, 0.25) is 0 Å². The van der Waals surface area contributed by atoms with Gasteiger partial charge in [-0.05, 0) is 44.2 Å². The van der Waals surface area contributed by atoms with Crippen molar-refractivity contribution in [2.24, 2.45) is 0 Å². The number of sulfone groups is 1. The van der Waals surface area contributed by atoms with E-state index in [1.807, 2.05) is 24.6 Å². The zero-order valence-electron chi connectivity index (χ0n) is 15.3. The monoisotopic (exact) mass is 404 g/mol. The van der Waals surface area contributed by atoms with Gasteiger partial charge in [0.1, 0.15) is 9.90 Å². The summed E-state index contributed by atoms with van der Waals surface area (Å²) in [5.74, 6) is 0.0322. The average Bonchev–Trinajstić information content (AvgIpc) is 3.17. The first-order valence-electron chi connectivity index (χ1n) is 8.72. The third-order valence-electron chi connectivity index (χ3n) is 4.57. The van der Waals surface area contributed by atoms with Crippen molar-refractivity contribution in [3.05, 3.63) is 35.0 Å². The lowest BCUT2D eigenvalue weighted by atomic mass is 10.1. The molecule has 9 heteroatoms. The number of pyridine rings is 1. The molecule has 0 bridgehead atoms. The van der Waals surface area contributed by atoms with Gasteiger partial charge < -0.3 is 5.32 Å². The van der Waals surface area contributed by atoms with Gasteiger partial charge in [0.25, 0.3) is 5.91 Å². The summed E-state index contributed by atoms with van der Waals surface area (Å²) in [6.07, 6.45) is 4.92. The van der Waals surface area contributed by atoms with Gasteiger partial charge >= 0.3 is 0 Å². The van der Waals surface area contributed by atoms with Crippen LogP contribution in [-0.4, -0.2) is 35.3 Å². The van der Waals surface area contributed by atoms with E-state index < -0.39 is 9.84 Å². The molecule has 1 fully saturated rings. The molecule has 0 atom stereocenters. The largest absolute Gasteiger partial charge is 0.312 e. The van der Waals surface area contributed by atoms with Gasteiger partial charge in [-0.2, -0.15) is 5.10 Å². The quantitative estimate of drug-likeness (QED) is 0.701. The number of rotatable bonds is 5. The van der Waals surface area contributed by atoms with Gasteiger partial charge in [-0.1, -0.05) is 0 Å². The smallest absolute Gasteiger partial charge is 0.257 e. The summed E-state index contributed by atoms with van der Waals surface area (Å²) in [5.41, 5.74) is 2.06. The number of hydrogen-bond acceptors (Lipinski definition) is 6. The minimum Gasteiger partial charge on any atom is -0.312 e. The first kappa shape index (κ1) is 18.1. The first-order chi connectivity index (χ1) is 12.8. The Balaban J connectivity index is 1.79. The average molecular weight is 405 g/mol. The molecule has 0 spiro atoms. The van der Waals surface area contributed by atoms with E-state index in [0.29, 0.717) is 27.5 Å². The van der Waals surface area contributed by atoms with Crippen molar-refractivity contribution < 1.29 is 13.2 Å². The zero-order chi connectivity index (χ0) is 19.3. The lowest BCUT2D eigenvalue weighted by Crippen LogP contribution is -2.14. The van der Waals surface area contributed by atoms with E-state index in [-0.39, 0.29) is 16.8 Å². The van der Waals surface area contributed by atoms with E-state index in [1.54, 1.807) is 11.6 Å². The van der Waals surface area contributed by atoms with Crippen LogP contribution in [0.15, 0.2) is 28.6 Å². The van der Waals surface area contributed by atoms with E-state index in [2.05, 4.69) is 10.4 Å². The normalized spacial score (nSPS) is 14.8. The molecule has 0 aliphatic heterocycles. The highest BCUT2D eigenvalue weighted by Gasteiger charge is 2.28. The summed E-state index contributed by atoms with van der Waals surface area (Å²) in [5, 5.41) is 9.81. The molecule has 0 unspecified atom stereocenters. The minimum absolute atomic E-state index is 0.120. The van der Waals surface area contributed by atoms with Crippen LogP contribution in [0.2, 0.25) is 0 Å². The van der Waals surface area contributed by atoms with Crippen molar-refractivity contribution in [2.75, 3.05) is 11.6 Å². The van der Waals surface area contributed by atoms with Crippen LogP contribution in [0.3, 0.4) is 0 Å². The van der Waals surface area contributed by atoms with Crippen LogP contribution in [0.5, 0.6) is 0 Å². The fraction of sp³-hybridized carbons (Fsp3) is 0.389. The maximum atomic E-state index is 13.0. The van der Waals surface area contributed by atoms with Crippen LogP contribution in [-0.2, 0) is 9.84 Å². The summed E-state index contributed by atoms with van der Waals surface area (Å²) in [6.45, 7) is 4.03. The van der Waals surface area contributed by atoms with E-state index in [9.17, 15) is 13.2 Å². The summed E-state index contributed by atoms with van der Waals surface area (Å²) in [4.78, 5) is 17.9. The number of carbonyl (C=O) groups is 1. The Morgan fingerprint density at radius 1 is 1.37 bits per heavy atom. The molecule has 3 aromatic rings. The summed E-state index contributed by atoms with van der Waals surface area (Å²) in [7, 11) is -3.41. The Morgan fingerprint density at radius 2 is 2.11 bits per heavy atom. The topological polar surface area (TPSA) is 94.0 Å². The Labute approximate surface area is 161 Å². The van der Waals surface area contributed by atoms with E-state index >= 15 is 0 Å². The number of fused-ring (bicyclic) bond motifs is 1. The number of nitrogens with zero attached hydrogens (tertiary/aromatic N) is 3. The number of anilines is 1. The number of carbonyl (C=O) groups excluding carboxylic acids is 1. The number of amides is 1. The molecule has 1 aliphatic rings. The van der Waals surface area contributed by atoms with Crippen LogP contribution < -0.4 is 5.32 Å². The molecule has 1 aliphatic carbocycles. The third-order valence-corrected chi connectivity index (χ3v) is 6.67. The highest BCUT2D eigenvalue weighted by molar-refractivity contribution is 7.91. The second kappa shape index (κ2) is 6.42. The third kappa shape index (κ3) is 3.37. The van der Waals surface area contributed by atoms with Crippen LogP contribution in [0.4, 0.5) is 5.00 Å². The molecule has 1 N–H and O–H groups in total. The fourth-order valence-electron chi connectivity index (χ4n) is 3.04. The van der Waals surface area contributed by atoms with Crippen molar-refractivity contribution in [3.63, 3.8) is 0 Å². The van der Waals surface area contributed by atoms with Gasteiger partial charge in [-0.25, -0.2) is 18.1 Å². The molecule has 0 aromatic carbocycles. The molecule has 0 radical (unpaired) electrons. The molecule has 4 rings (SSSR count). The molecular weight excluding hydrogens is 384 g/mol. The number of hydrogen-bond donors (Lipinski definition) is 1. The molecule has 3 aromatic heterocycles. The standard InChI is InChI=1S/C18H20N4O3S2/c1-10(2)22-16-13(9-19-22)12(8-14(20-16)11-4-5-11)17(23)21-18-15(6-7-26-18)27(3,24)25/h6-11H,4-5H2,1-3H3,(H,21,23). The van der Waals surface area contributed by atoms with Crippen molar-refractivity contribution in [1.29, 1.82) is 0 Å². The van der Waals surface area contributed by atoms with Crippen molar-refractivity contribution in [2.45, 2.75) is 43.5 Å². The summed E-state index contributed by atoms with van der Waals surface area (Å²) in [6, 6.07) is 3.44. The second-order valence-electron chi connectivity index (χ2n) is 7.13. The lowest BCUT2D eigenvalue weighted by Gasteiger charge is -2.10. The Morgan fingerprint density at radius 3 is 2.74 bits per heavy atom. The predicted octanol–water partition coefficient (Wildman–Crippen LogP) is 3.61. The molecule has 7 nitrogen and oxygen atoms in total. The minimum atomic E-state index is -3.41. The number of aromatic nitrogens is 3. The summed E-state index contributed by atoms with van der Waals surface area (Å²) >= 11 is 1.19. The van der Waals surface area contributed by atoms with Gasteiger partial charge in [-0.15, -0.1) is 11.3 Å². The number of nitrogens with one attached hydrogen (secondary N) is 1. The zero-order valence-corrected chi connectivity index (χ0v) is 16.9. The van der Waals surface area contributed by atoms with Crippen molar-refractivity contribution in [1.82, 2.24) is 14.8 Å². The highest BCUT2D eigenvalue weighted by atomic mass is 32.2. The predicted molar refractivity (Wildman–Crippen MR) is 105 cm³/mol.